The maximum absolute atomic E-state index is 13.3. The molecule has 0 N–H and O–H groups in total. The van der Waals surface area contributed by atoms with Crippen LogP contribution >= 0.6 is 0 Å². The molecule has 174 valence electrons. The molecule has 0 saturated heterocycles. The van der Waals surface area contributed by atoms with E-state index >= 15 is 0 Å². The predicted octanol–water partition coefficient (Wildman–Crippen LogP) is 3.53. The quantitative estimate of drug-likeness (QED) is 0.337. The van der Waals surface area contributed by atoms with E-state index in [1.54, 1.807) is 48.0 Å². The van der Waals surface area contributed by atoms with Gasteiger partial charge in [0.15, 0.2) is 5.49 Å². The number of aryl methyl sites for hydroxylation is 1. The van der Waals surface area contributed by atoms with Gasteiger partial charge in [-0.3, -0.25) is 14.0 Å². The third-order valence-corrected chi connectivity index (χ3v) is 5.34. The smallest absolute Gasteiger partial charge is 0.341 e. The van der Waals surface area contributed by atoms with Gasteiger partial charge in [0.2, 0.25) is 0 Å². The van der Waals surface area contributed by atoms with Crippen LogP contribution in [-0.4, -0.2) is 32.4 Å². The number of ether oxygens (including phenoxy) is 1. The van der Waals surface area contributed by atoms with Gasteiger partial charge in [-0.1, -0.05) is 37.6 Å². The highest BCUT2D eigenvalue weighted by Gasteiger charge is 2.20. The third kappa shape index (κ3) is 4.39. The Balaban J connectivity index is 2.12. The molecule has 3 heterocycles. The van der Waals surface area contributed by atoms with Gasteiger partial charge >= 0.3 is 5.97 Å². The summed E-state index contributed by atoms with van der Waals surface area (Å²) < 4.78 is 8.35. The van der Waals surface area contributed by atoms with Crippen LogP contribution in [0.25, 0.3) is 16.7 Å². The lowest BCUT2D eigenvalue weighted by atomic mass is 10.1. The van der Waals surface area contributed by atoms with Gasteiger partial charge in [-0.25, -0.2) is 9.78 Å². The number of rotatable bonds is 5. The topological polar surface area (TPSA) is 95.0 Å². The van der Waals surface area contributed by atoms with Crippen molar-refractivity contribution in [3.63, 3.8) is 0 Å². The van der Waals surface area contributed by atoms with Gasteiger partial charge in [-0.15, -0.1) is 0 Å². The number of esters is 1. The van der Waals surface area contributed by atoms with E-state index in [9.17, 15) is 14.4 Å². The zero-order valence-electron chi connectivity index (χ0n) is 19.6. The van der Waals surface area contributed by atoms with Crippen LogP contribution in [0.1, 0.15) is 47.1 Å². The number of aromatic nitrogens is 3. The molecular formula is C26H26N4O4. The van der Waals surface area contributed by atoms with Crippen LogP contribution in [0.4, 0.5) is 0 Å². The molecule has 34 heavy (non-hydrogen) atoms. The van der Waals surface area contributed by atoms with Crippen LogP contribution in [0.3, 0.4) is 0 Å². The summed E-state index contributed by atoms with van der Waals surface area (Å²) in [5.41, 5.74) is 2.07. The van der Waals surface area contributed by atoms with Crippen molar-refractivity contribution in [2.24, 2.45) is 10.9 Å². The summed E-state index contributed by atoms with van der Waals surface area (Å²) in [5, 5.41) is 0.245. The first-order chi connectivity index (χ1) is 16.3. The van der Waals surface area contributed by atoms with Crippen molar-refractivity contribution in [3.05, 3.63) is 87.3 Å². The summed E-state index contributed by atoms with van der Waals surface area (Å²) in [6.07, 6.45) is 1.63. The number of fused-ring (bicyclic) bond motifs is 2. The normalized spacial score (nSPS) is 12.0. The number of carbonyl (C=O) groups is 2. The van der Waals surface area contributed by atoms with Gasteiger partial charge in [0, 0.05) is 18.3 Å². The number of hydrogen-bond donors (Lipinski definition) is 0. The number of amides is 1. The molecule has 0 fully saturated rings. The Labute approximate surface area is 196 Å². The van der Waals surface area contributed by atoms with Gasteiger partial charge in [-0.05, 0) is 50.1 Å². The van der Waals surface area contributed by atoms with Crippen molar-refractivity contribution in [1.29, 1.82) is 0 Å². The molecule has 4 aromatic rings. The number of benzene rings is 1. The largest absolute Gasteiger partial charge is 0.462 e. The molecule has 0 bridgehead atoms. The fourth-order valence-electron chi connectivity index (χ4n) is 3.75. The average molecular weight is 459 g/mol. The van der Waals surface area contributed by atoms with Crippen molar-refractivity contribution in [1.82, 2.24) is 14.0 Å². The third-order valence-electron chi connectivity index (χ3n) is 5.34. The van der Waals surface area contributed by atoms with Crippen molar-refractivity contribution in [2.45, 2.75) is 34.2 Å². The summed E-state index contributed by atoms with van der Waals surface area (Å²) >= 11 is 0. The molecular weight excluding hydrogens is 432 g/mol. The Morgan fingerprint density at radius 3 is 2.53 bits per heavy atom. The van der Waals surface area contributed by atoms with E-state index in [-0.39, 0.29) is 34.5 Å². The minimum Gasteiger partial charge on any atom is -0.462 e. The minimum atomic E-state index is -0.657. The zero-order valence-corrected chi connectivity index (χ0v) is 19.6. The van der Waals surface area contributed by atoms with Crippen molar-refractivity contribution in [3.8, 4) is 0 Å². The minimum absolute atomic E-state index is 0.0465. The lowest BCUT2D eigenvalue weighted by Gasteiger charge is -2.16. The Morgan fingerprint density at radius 1 is 1.12 bits per heavy atom. The van der Waals surface area contributed by atoms with E-state index in [4.69, 9.17) is 9.72 Å². The molecule has 8 heteroatoms. The van der Waals surface area contributed by atoms with Crippen LogP contribution in [-0.2, 0) is 11.3 Å². The number of hydrogen-bond acceptors (Lipinski definition) is 5. The molecule has 1 amide bonds. The van der Waals surface area contributed by atoms with Gasteiger partial charge in [0.25, 0.3) is 11.5 Å². The molecule has 4 rings (SSSR count). The molecule has 0 aliphatic carbocycles. The number of carbonyl (C=O) groups excluding carboxylic acids is 2. The number of nitrogens with zero attached hydrogens (tertiary/aromatic N) is 4. The highest BCUT2D eigenvalue weighted by Crippen LogP contribution is 2.14. The first-order valence-corrected chi connectivity index (χ1v) is 11.2. The van der Waals surface area contributed by atoms with Crippen LogP contribution in [0.2, 0.25) is 0 Å². The molecule has 1 aromatic carbocycles. The predicted molar refractivity (Wildman–Crippen MR) is 129 cm³/mol. The van der Waals surface area contributed by atoms with Gasteiger partial charge in [0.1, 0.15) is 16.9 Å². The van der Waals surface area contributed by atoms with Crippen molar-refractivity contribution >= 4 is 28.6 Å². The zero-order chi connectivity index (χ0) is 24.4. The second-order valence-electron chi connectivity index (χ2n) is 8.47. The fraction of sp³-hybridized carbons (Fsp3) is 0.269. The fourth-order valence-corrected chi connectivity index (χ4v) is 3.75. The Hall–Kier alpha value is -4.07. The maximum Gasteiger partial charge on any atom is 0.341 e. The van der Waals surface area contributed by atoms with E-state index in [1.165, 1.54) is 10.5 Å². The molecule has 0 atom stereocenters. The highest BCUT2D eigenvalue weighted by molar-refractivity contribution is 5.97. The molecule has 0 spiro atoms. The Kier molecular flexibility index (Phi) is 6.40. The summed E-state index contributed by atoms with van der Waals surface area (Å²) in [5.74, 6) is -1.04. The van der Waals surface area contributed by atoms with E-state index in [2.05, 4.69) is 4.99 Å². The van der Waals surface area contributed by atoms with Crippen LogP contribution in [0.5, 0.6) is 0 Å². The Bertz CT molecular complexity index is 1530. The van der Waals surface area contributed by atoms with E-state index in [1.807, 2.05) is 32.9 Å². The molecule has 8 nitrogen and oxygen atoms in total. The van der Waals surface area contributed by atoms with E-state index in [0.29, 0.717) is 23.4 Å². The van der Waals surface area contributed by atoms with E-state index < -0.39 is 11.9 Å². The van der Waals surface area contributed by atoms with Crippen LogP contribution in [0, 0.1) is 12.8 Å². The van der Waals surface area contributed by atoms with Crippen LogP contribution in [0.15, 0.2) is 64.5 Å². The number of pyridine rings is 2. The second kappa shape index (κ2) is 9.43. The summed E-state index contributed by atoms with van der Waals surface area (Å²) in [6.45, 7) is 8.14. The summed E-state index contributed by atoms with van der Waals surface area (Å²) in [6, 6.07) is 13.7. The molecule has 3 aromatic heterocycles. The second-order valence-corrected chi connectivity index (χ2v) is 8.47. The lowest BCUT2D eigenvalue weighted by Crippen LogP contribution is -2.33. The maximum atomic E-state index is 13.3. The SMILES string of the molecule is CCOC(=O)c1cc2c(=O)n3ccccc3nc2n(CC(C)C)c1=NC(=O)c1ccc(C)cc1. The van der Waals surface area contributed by atoms with Gasteiger partial charge in [-0.2, -0.15) is 4.99 Å². The summed E-state index contributed by atoms with van der Waals surface area (Å²) in [4.78, 5) is 48.4. The molecule has 0 unspecified atom stereocenters. The first kappa shape index (κ1) is 23.1. The summed E-state index contributed by atoms with van der Waals surface area (Å²) in [7, 11) is 0. The van der Waals surface area contributed by atoms with Crippen molar-refractivity contribution < 1.29 is 14.3 Å². The standard InChI is InChI=1S/C26H26N4O4/c1-5-34-26(33)20-14-19-22(27-21-8-6-7-13-29(21)25(19)32)30(15-16(2)3)23(20)28-24(31)18-11-9-17(4)10-12-18/h6-14,16H,5,15H2,1-4H3. The van der Waals surface area contributed by atoms with Gasteiger partial charge in [0.05, 0.1) is 12.0 Å². The molecule has 0 radical (unpaired) electrons. The van der Waals surface area contributed by atoms with Crippen LogP contribution < -0.4 is 11.0 Å². The average Bonchev–Trinajstić information content (AvgIpc) is 2.81. The molecule has 0 saturated carbocycles. The molecule has 0 aliphatic rings. The monoisotopic (exact) mass is 458 g/mol. The molecule has 0 aliphatic heterocycles. The van der Waals surface area contributed by atoms with E-state index in [0.717, 1.165) is 5.56 Å². The van der Waals surface area contributed by atoms with Crippen molar-refractivity contribution in [2.75, 3.05) is 6.61 Å². The lowest BCUT2D eigenvalue weighted by molar-refractivity contribution is 0.0523. The first-order valence-electron chi connectivity index (χ1n) is 11.2. The highest BCUT2D eigenvalue weighted by atomic mass is 16.5. The van der Waals surface area contributed by atoms with Gasteiger partial charge < -0.3 is 9.30 Å². The Morgan fingerprint density at radius 2 is 1.85 bits per heavy atom.